The van der Waals surface area contributed by atoms with Crippen molar-refractivity contribution in [2.75, 3.05) is 0 Å². The molecule has 0 saturated carbocycles. The van der Waals surface area contributed by atoms with E-state index in [0.29, 0.717) is 6.42 Å². The average Bonchev–Trinajstić information content (AvgIpc) is 2.51. The Kier molecular flexibility index (Phi) is 5.79. The number of hydrogen-bond acceptors (Lipinski definition) is 1. The minimum atomic E-state index is 0.0507. The number of nitrogens with one attached hydrogen (secondary N) is 1. The van der Waals surface area contributed by atoms with E-state index in [4.69, 9.17) is 0 Å². The molecule has 0 aliphatic carbocycles. The molecule has 2 aromatic carbocycles. The Balaban J connectivity index is 1.99. The van der Waals surface area contributed by atoms with Gasteiger partial charge in [-0.25, -0.2) is 0 Å². The van der Waals surface area contributed by atoms with Gasteiger partial charge in [0.2, 0.25) is 5.91 Å². The maximum Gasteiger partial charge on any atom is 0.220 e. The van der Waals surface area contributed by atoms with Gasteiger partial charge in [0.1, 0.15) is 0 Å². The molecule has 0 aliphatic rings. The minimum Gasteiger partial charge on any atom is -0.350 e. The molecule has 0 heterocycles. The normalized spacial score (nSPS) is 12.3. The van der Waals surface area contributed by atoms with Gasteiger partial charge < -0.3 is 5.32 Å². The highest BCUT2D eigenvalue weighted by Crippen LogP contribution is 2.24. The van der Waals surface area contributed by atoms with E-state index < -0.39 is 0 Å². The fraction of sp³-hybridized carbons (Fsp3) is 0.421. The summed E-state index contributed by atoms with van der Waals surface area (Å²) in [6, 6.07) is 14.6. The Morgan fingerprint density at radius 2 is 1.81 bits per heavy atom. The summed E-state index contributed by atoms with van der Waals surface area (Å²) in [7, 11) is 0. The molecule has 2 rings (SSSR count). The number of hydrogen-bond donors (Lipinski definition) is 1. The lowest BCUT2D eigenvalue weighted by Gasteiger charge is -2.16. The number of carbonyl (C=O) groups is 1. The highest BCUT2D eigenvalue weighted by Gasteiger charge is 2.11. The molecule has 0 saturated heterocycles. The monoisotopic (exact) mass is 283 g/mol. The van der Waals surface area contributed by atoms with Crippen LogP contribution in [0.15, 0.2) is 42.5 Å². The number of benzene rings is 2. The molecule has 0 aromatic heterocycles. The number of rotatable bonds is 7. The highest BCUT2D eigenvalue weighted by molar-refractivity contribution is 5.86. The maximum atomic E-state index is 12.0. The van der Waals surface area contributed by atoms with Crippen LogP contribution in [0.4, 0.5) is 0 Å². The molecule has 0 aliphatic heterocycles. The van der Waals surface area contributed by atoms with Gasteiger partial charge in [0, 0.05) is 6.42 Å². The van der Waals surface area contributed by atoms with Crippen molar-refractivity contribution < 1.29 is 4.79 Å². The van der Waals surface area contributed by atoms with Crippen LogP contribution < -0.4 is 5.32 Å². The SMILES string of the molecule is CCCCCCC(=O)NC(C)c1cccc2ccccc12. The van der Waals surface area contributed by atoms with E-state index in [1.54, 1.807) is 0 Å². The first kappa shape index (κ1) is 15.6. The third kappa shape index (κ3) is 4.32. The van der Waals surface area contributed by atoms with Crippen molar-refractivity contribution in [3.8, 4) is 0 Å². The molecule has 1 N–H and O–H groups in total. The lowest BCUT2D eigenvalue weighted by atomic mass is 9.99. The molecule has 0 bridgehead atoms. The van der Waals surface area contributed by atoms with Crippen LogP contribution in [0.5, 0.6) is 0 Å². The summed E-state index contributed by atoms with van der Waals surface area (Å²) >= 11 is 0. The number of fused-ring (bicyclic) bond motifs is 1. The second kappa shape index (κ2) is 7.82. The summed E-state index contributed by atoms with van der Waals surface area (Å²) in [6.07, 6.45) is 5.18. The van der Waals surface area contributed by atoms with Crippen molar-refractivity contribution in [2.45, 2.75) is 52.0 Å². The zero-order valence-electron chi connectivity index (χ0n) is 13.1. The maximum absolute atomic E-state index is 12.0. The van der Waals surface area contributed by atoms with Crippen molar-refractivity contribution in [1.82, 2.24) is 5.32 Å². The second-order valence-electron chi connectivity index (χ2n) is 5.67. The molecule has 2 heteroatoms. The van der Waals surface area contributed by atoms with Gasteiger partial charge in [0.25, 0.3) is 0 Å². The van der Waals surface area contributed by atoms with Crippen LogP contribution in [0.1, 0.15) is 57.6 Å². The Morgan fingerprint density at radius 3 is 2.62 bits per heavy atom. The molecule has 1 atom stereocenters. The van der Waals surface area contributed by atoms with Crippen LogP contribution in [-0.2, 0) is 4.79 Å². The van der Waals surface area contributed by atoms with Crippen LogP contribution >= 0.6 is 0 Å². The Bertz CT molecular complexity index is 586. The lowest BCUT2D eigenvalue weighted by molar-refractivity contribution is -0.121. The van der Waals surface area contributed by atoms with Crippen molar-refractivity contribution in [3.05, 3.63) is 48.0 Å². The molecule has 21 heavy (non-hydrogen) atoms. The molecule has 2 nitrogen and oxygen atoms in total. The predicted molar refractivity (Wildman–Crippen MR) is 89.3 cm³/mol. The summed E-state index contributed by atoms with van der Waals surface area (Å²) in [4.78, 5) is 12.0. The van der Waals surface area contributed by atoms with Gasteiger partial charge in [-0.3, -0.25) is 4.79 Å². The lowest BCUT2D eigenvalue weighted by Crippen LogP contribution is -2.26. The van der Waals surface area contributed by atoms with Crippen molar-refractivity contribution in [3.63, 3.8) is 0 Å². The van der Waals surface area contributed by atoms with Crippen molar-refractivity contribution in [1.29, 1.82) is 0 Å². The molecule has 112 valence electrons. The van der Waals surface area contributed by atoms with Crippen LogP contribution in [-0.4, -0.2) is 5.91 Å². The molecule has 0 fully saturated rings. The summed E-state index contributed by atoms with van der Waals surface area (Å²) in [5.74, 6) is 0.159. The summed E-state index contributed by atoms with van der Waals surface area (Å²) in [5, 5.41) is 5.57. The van der Waals surface area contributed by atoms with Gasteiger partial charge in [0.15, 0.2) is 0 Å². The van der Waals surface area contributed by atoms with Gasteiger partial charge in [-0.1, -0.05) is 68.7 Å². The number of amides is 1. The van der Waals surface area contributed by atoms with E-state index in [2.05, 4.69) is 49.5 Å². The third-order valence-corrected chi connectivity index (χ3v) is 3.92. The summed E-state index contributed by atoms with van der Waals surface area (Å²) in [5.41, 5.74) is 1.19. The zero-order valence-corrected chi connectivity index (χ0v) is 13.1. The van der Waals surface area contributed by atoms with Gasteiger partial charge >= 0.3 is 0 Å². The molecular formula is C19H25NO. The van der Waals surface area contributed by atoms with Crippen LogP contribution in [0.2, 0.25) is 0 Å². The topological polar surface area (TPSA) is 29.1 Å². The van der Waals surface area contributed by atoms with E-state index in [9.17, 15) is 4.79 Å². The van der Waals surface area contributed by atoms with Gasteiger partial charge in [0.05, 0.1) is 6.04 Å². The van der Waals surface area contributed by atoms with E-state index in [0.717, 1.165) is 12.8 Å². The highest BCUT2D eigenvalue weighted by atomic mass is 16.1. The first-order valence-corrected chi connectivity index (χ1v) is 7.99. The molecule has 2 aromatic rings. The van der Waals surface area contributed by atoms with Gasteiger partial charge in [-0.2, -0.15) is 0 Å². The first-order chi connectivity index (χ1) is 10.2. The smallest absolute Gasteiger partial charge is 0.220 e. The second-order valence-corrected chi connectivity index (χ2v) is 5.67. The van der Waals surface area contributed by atoms with Crippen molar-refractivity contribution >= 4 is 16.7 Å². The van der Waals surface area contributed by atoms with Crippen LogP contribution in [0.3, 0.4) is 0 Å². The van der Waals surface area contributed by atoms with Gasteiger partial charge in [-0.15, -0.1) is 0 Å². The summed E-state index contributed by atoms with van der Waals surface area (Å²) < 4.78 is 0. The first-order valence-electron chi connectivity index (χ1n) is 7.99. The summed E-state index contributed by atoms with van der Waals surface area (Å²) in [6.45, 7) is 4.24. The number of unbranched alkanes of at least 4 members (excludes halogenated alkanes) is 3. The van der Waals surface area contributed by atoms with Crippen LogP contribution in [0, 0.1) is 0 Å². The zero-order chi connectivity index (χ0) is 15.1. The average molecular weight is 283 g/mol. The van der Waals surface area contributed by atoms with Crippen molar-refractivity contribution in [2.24, 2.45) is 0 Å². The standard InChI is InChI=1S/C19H25NO/c1-3-4-5-6-14-19(21)20-15(2)17-13-9-11-16-10-7-8-12-18(16)17/h7-13,15H,3-6,14H2,1-2H3,(H,20,21). The molecule has 1 unspecified atom stereocenters. The Morgan fingerprint density at radius 1 is 1.05 bits per heavy atom. The number of carbonyl (C=O) groups excluding carboxylic acids is 1. The van der Waals surface area contributed by atoms with E-state index >= 15 is 0 Å². The minimum absolute atomic E-state index is 0.0507. The fourth-order valence-corrected chi connectivity index (χ4v) is 2.73. The Labute approximate surface area is 127 Å². The molecule has 0 spiro atoms. The predicted octanol–water partition coefficient (Wildman–Crippen LogP) is 4.99. The third-order valence-electron chi connectivity index (χ3n) is 3.92. The molecule has 1 amide bonds. The van der Waals surface area contributed by atoms with E-state index in [1.165, 1.54) is 29.2 Å². The van der Waals surface area contributed by atoms with E-state index in [-0.39, 0.29) is 11.9 Å². The Hall–Kier alpha value is -1.83. The van der Waals surface area contributed by atoms with Crippen LogP contribution in [0.25, 0.3) is 10.8 Å². The quantitative estimate of drug-likeness (QED) is 0.713. The van der Waals surface area contributed by atoms with Gasteiger partial charge in [-0.05, 0) is 29.7 Å². The van der Waals surface area contributed by atoms with E-state index in [1.807, 2.05) is 12.1 Å². The molecular weight excluding hydrogens is 258 g/mol. The molecule has 0 radical (unpaired) electrons. The fourth-order valence-electron chi connectivity index (χ4n) is 2.73. The largest absolute Gasteiger partial charge is 0.350 e.